The van der Waals surface area contributed by atoms with Crippen LogP contribution in [0.2, 0.25) is 0 Å². The first-order chi connectivity index (χ1) is 11.7. The van der Waals surface area contributed by atoms with E-state index in [1.165, 1.54) is 0 Å². The van der Waals surface area contributed by atoms with Crippen LogP contribution in [0.4, 0.5) is 0 Å². The number of hydrogen-bond donors (Lipinski definition) is 1. The molecule has 0 aliphatic rings. The maximum Gasteiger partial charge on any atom is 0.178 e. The molecule has 24 heavy (non-hydrogen) atoms. The van der Waals surface area contributed by atoms with E-state index in [-0.39, 0.29) is 6.10 Å². The molecule has 0 bridgehead atoms. The molecule has 120 valence electrons. The highest BCUT2D eigenvalue weighted by Gasteiger charge is 2.10. The molecular weight excluding hydrogens is 302 g/mol. The van der Waals surface area contributed by atoms with Crippen molar-refractivity contribution in [1.82, 2.24) is 15.0 Å². The summed E-state index contributed by atoms with van der Waals surface area (Å²) >= 11 is 0. The fraction of sp³-hybridized carbons (Fsp3) is 0.158. The van der Waals surface area contributed by atoms with Gasteiger partial charge in [-0.1, -0.05) is 12.1 Å². The molecule has 0 saturated heterocycles. The smallest absolute Gasteiger partial charge is 0.178 e. The van der Waals surface area contributed by atoms with E-state index in [2.05, 4.69) is 15.0 Å². The number of hydrogen-bond acceptors (Lipinski definition) is 4. The largest absolute Gasteiger partial charge is 0.491 e. The van der Waals surface area contributed by atoms with E-state index in [1.54, 1.807) is 12.5 Å². The Labute approximate surface area is 139 Å². The van der Waals surface area contributed by atoms with Crippen LogP contribution in [0.15, 0.2) is 59.3 Å². The normalized spacial score (nSPS) is 11.3. The standard InChI is InChI=1S/C19H17N3O2/c1-12(2)24-15-6-3-5-13(9-15)18-21-16-10-14(11-20-19(16)22-18)17-7-4-8-23-17/h3-12H,1-2H3,(H,20,21,22). The van der Waals surface area contributed by atoms with Gasteiger partial charge in [-0.15, -0.1) is 0 Å². The van der Waals surface area contributed by atoms with Crippen molar-refractivity contribution >= 4 is 11.2 Å². The molecule has 0 aliphatic heterocycles. The summed E-state index contributed by atoms with van der Waals surface area (Å²) in [6, 6.07) is 13.6. The Balaban J connectivity index is 1.72. The summed E-state index contributed by atoms with van der Waals surface area (Å²) in [5.74, 6) is 2.38. The number of furan rings is 1. The van der Waals surface area contributed by atoms with E-state index in [1.807, 2.05) is 56.3 Å². The van der Waals surface area contributed by atoms with Crippen molar-refractivity contribution in [2.24, 2.45) is 0 Å². The van der Waals surface area contributed by atoms with Crippen LogP contribution in [-0.4, -0.2) is 21.1 Å². The predicted octanol–water partition coefficient (Wildman–Crippen LogP) is 4.67. The number of ether oxygens (including phenoxy) is 1. The van der Waals surface area contributed by atoms with E-state index < -0.39 is 0 Å². The molecule has 0 unspecified atom stereocenters. The number of nitrogens with one attached hydrogen (secondary N) is 1. The minimum absolute atomic E-state index is 0.133. The minimum Gasteiger partial charge on any atom is -0.491 e. The lowest BCUT2D eigenvalue weighted by Gasteiger charge is -2.09. The zero-order chi connectivity index (χ0) is 16.5. The van der Waals surface area contributed by atoms with Crippen molar-refractivity contribution in [2.75, 3.05) is 0 Å². The van der Waals surface area contributed by atoms with Gasteiger partial charge in [0, 0.05) is 17.3 Å². The number of H-pyrrole nitrogens is 1. The number of aromatic nitrogens is 3. The Hall–Kier alpha value is -3.08. The van der Waals surface area contributed by atoms with Crippen molar-refractivity contribution in [3.05, 3.63) is 54.9 Å². The van der Waals surface area contributed by atoms with Gasteiger partial charge in [0.1, 0.15) is 17.3 Å². The molecule has 0 amide bonds. The van der Waals surface area contributed by atoms with Crippen LogP contribution in [-0.2, 0) is 0 Å². The Morgan fingerprint density at radius 1 is 1.08 bits per heavy atom. The van der Waals surface area contributed by atoms with E-state index in [4.69, 9.17) is 9.15 Å². The zero-order valence-electron chi connectivity index (χ0n) is 13.5. The molecule has 0 spiro atoms. The number of rotatable bonds is 4. The van der Waals surface area contributed by atoms with Crippen molar-refractivity contribution in [1.29, 1.82) is 0 Å². The van der Waals surface area contributed by atoms with E-state index in [9.17, 15) is 0 Å². The molecule has 0 radical (unpaired) electrons. The summed E-state index contributed by atoms with van der Waals surface area (Å²) in [4.78, 5) is 12.3. The van der Waals surface area contributed by atoms with Crippen molar-refractivity contribution in [3.8, 4) is 28.5 Å². The topological polar surface area (TPSA) is 63.9 Å². The average molecular weight is 319 g/mol. The van der Waals surface area contributed by atoms with Crippen LogP contribution < -0.4 is 4.74 Å². The molecule has 4 aromatic rings. The van der Waals surface area contributed by atoms with Gasteiger partial charge in [-0.25, -0.2) is 9.97 Å². The van der Waals surface area contributed by atoms with Gasteiger partial charge in [-0.05, 0) is 44.2 Å². The van der Waals surface area contributed by atoms with Crippen LogP contribution in [0.5, 0.6) is 5.75 Å². The van der Waals surface area contributed by atoms with Gasteiger partial charge in [0.2, 0.25) is 0 Å². The summed E-state index contributed by atoms with van der Waals surface area (Å²) < 4.78 is 11.2. The lowest BCUT2D eigenvalue weighted by molar-refractivity contribution is 0.242. The summed E-state index contributed by atoms with van der Waals surface area (Å²) in [5, 5.41) is 0. The van der Waals surface area contributed by atoms with Gasteiger partial charge >= 0.3 is 0 Å². The lowest BCUT2D eigenvalue weighted by atomic mass is 10.2. The monoisotopic (exact) mass is 319 g/mol. The predicted molar refractivity (Wildman–Crippen MR) is 92.8 cm³/mol. The summed E-state index contributed by atoms with van der Waals surface area (Å²) in [5.41, 5.74) is 3.43. The first-order valence-electron chi connectivity index (χ1n) is 7.86. The Morgan fingerprint density at radius 3 is 2.79 bits per heavy atom. The molecule has 0 saturated carbocycles. The highest BCUT2D eigenvalue weighted by molar-refractivity contribution is 5.80. The lowest BCUT2D eigenvalue weighted by Crippen LogP contribution is -2.05. The first-order valence-corrected chi connectivity index (χ1v) is 7.86. The third kappa shape index (κ3) is 2.76. The molecule has 1 aromatic carbocycles. The summed E-state index contributed by atoms with van der Waals surface area (Å²) in [7, 11) is 0. The fourth-order valence-electron chi connectivity index (χ4n) is 2.60. The molecule has 0 fully saturated rings. The van der Waals surface area contributed by atoms with Gasteiger partial charge in [0.25, 0.3) is 0 Å². The van der Waals surface area contributed by atoms with E-state index in [0.29, 0.717) is 5.65 Å². The van der Waals surface area contributed by atoms with Crippen molar-refractivity contribution < 1.29 is 9.15 Å². The maximum absolute atomic E-state index is 5.75. The summed E-state index contributed by atoms with van der Waals surface area (Å²) in [6.07, 6.45) is 3.55. The number of pyridine rings is 1. The third-order valence-electron chi connectivity index (χ3n) is 3.62. The van der Waals surface area contributed by atoms with Gasteiger partial charge in [0.15, 0.2) is 5.65 Å². The third-order valence-corrected chi connectivity index (χ3v) is 3.62. The Morgan fingerprint density at radius 2 is 2.00 bits per heavy atom. The molecule has 0 aliphatic carbocycles. The van der Waals surface area contributed by atoms with Gasteiger partial charge in [-0.3, -0.25) is 0 Å². The van der Waals surface area contributed by atoms with Gasteiger partial charge in [-0.2, -0.15) is 0 Å². The fourth-order valence-corrected chi connectivity index (χ4v) is 2.60. The second kappa shape index (κ2) is 5.85. The summed E-state index contributed by atoms with van der Waals surface area (Å²) in [6.45, 7) is 4.02. The highest BCUT2D eigenvalue weighted by Crippen LogP contribution is 2.26. The molecule has 3 heterocycles. The van der Waals surface area contributed by atoms with Crippen molar-refractivity contribution in [3.63, 3.8) is 0 Å². The Bertz CT molecular complexity index is 971. The quantitative estimate of drug-likeness (QED) is 0.593. The molecule has 3 aromatic heterocycles. The number of imidazole rings is 1. The minimum atomic E-state index is 0.133. The second-order valence-electron chi connectivity index (χ2n) is 5.85. The second-order valence-corrected chi connectivity index (χ2v) is 5.85. The van der Waals surface area contributed by atoms with Crippen LogP contribution >= 0.6 is 0 Å². The number of aromatic amines is 1. The van der Waals surface area contributed by atoms with Crippen LogP contribution in [0.25, 0.3) is 33.9 Å². The molecule has 1 N–H and O–H groups in total. The Kier molecular flexibility index (Phi) is 3.54. The molecular formula is C19H17N3O2. The number of fused-ring (bicyclic) bond motifs is 1. The van der Waals surface area contributed by atoms with Crippen LogP contribution in [0, 0.1) is 0 Å². The van der Waals surface area contributed by atoms with Crippen LogP contribution in [0.3, 0.4) is 0 Å². The highest BCUT2D eigenvalue weighted by atomic mass is 16.5. The van der Waals surface area contributed by atoms with Gasteiger partial charge in [0.05, 0.1) is 17.9 Å². The molecule has 5 nitrogen and oxygen atoms in total. The van der Waals surface area contributed by atoms with Gasteiger partial charge < -0.3 is 14.1 Å². The maximum atomic E-state index is 5.75. The first kappa shape index (κ1) is 14.5. The van der Waals surface area contributed by atoms with Crippen molar-refractivity contribution in [2.45, 2.75) is 20.0 Å². The zero-order valence-corrected chi connectivity index (χ0v) is 13.5. The molecule has 4 rings (SSSR count). The molecule has 0 atom stereocenters. The number of nitrogens with zero attached hydrogens (tertiary/aromatic N) is 2. The van der Waals surface area contributed by atoms with E-state index >= 15 is 0 Å². The molecule has 5 heteroatoms. The average Bonchev–Trinajstić information content (AvgIpc) is 3.23. The van der Waals surface area contributed by atoms with Crippen LogP contribution in [0.1, 0.15) is 13.8 Å². The van der Waals surface area contributed by atoms with E-state index in [0.717, 1.165) is 34.0 Å². The number of benzene rings is 1. The SMILES string of the molecule is CC(C)Oc1cccc(-c2nc3ncc(-c4ccco4)cc3[nH]2)c1.